The minimum atomic E-state index is -0.350. The van der Waals surface area contributed by atoms with Gasteiger partial charge in [0.25, 0.3) is 0 Å². The maximum atomic E-state index is 10.5. The maximum Gasteiger partial charge on any atom is 0.0916 e. The molecule has 0 amide bonds. The zero-order chi connectivity index (χ0) is 15.1. The molecule has 1 N–H and O–H groups in total. The zero-order valence-corrected chi connectivity index (χ0v) is 13.7. The van der Waals surface area contributed by atoms with Crippen LogP contribution in [0.25, 0.3) is 0 Å². The van der Waals surface area contributed by atoms with E-state index in [1.807, 2.05) is 0 Å². The van der Waals surface area contributed by atoms with Gasteiger partial charge in [-0.1, -0.05) is 57.4 Å². The monoisotopic (exact) mass is 289 g/mol. The first-order valence-electron chi connectivity index (χ1n) is 8.64. The molecule has 2 nitrogen and oxygen atoms in total. The van der Waals surface area contributed by atoms with Crippen molar-refractivity contribution in [2.24, 2.45) is 5.92 Å². The molecule has 21 heavy (non-hydrogen) atoms. The summed E-state index contributed by atoms with van der Waals surface area (Å²) >= 11 is 0. The van der Waals surface area contributed by atoms with Gasteiger partial charge in [0.2, 0.25) is 0 Å². The van der Waals surface area contributed by atoms with E-state index in [2.05, 4.69) is 43.0 Å². The van der Waals surface area contributed by atoms with Crippen molar-refractivity contribution in [3.63, 3.8) is 0 Å². The molecule has 1 aromatic carbocycles. The van der Waals surface area contributed by atoms with Crippen molar-refractivity contribution in [1.82, 2.24) is 4.90 Å². The summed E-state index contributed by atoms with van der Waals surface area (Å²) in [5.74, 6) is 0.682. The van der Waals surface area contributed by atoms with E-state index in [4.69, 9.17) is 0 Å². The molecule has 118 valence electrons. The summed E-state index contributed by atoms with van der Waals surface area (Å²) < 4.78 is 0. The second-order valence-corrected chi connectivity index (χ2v) is 6.92. The second kappa shape index (κ2) is 8.55. The van der Waals surface area contributed by atoms with E-state index in [0.29, 0.717) is 5.92 Å². The molecule has 0 radical (unpaired) electrons. The largest absolute Gasteiger partial charge is 0.387 e. The molecule has 1 aliphatic heterocycles. The first-order chi connectivity index (χ1) is 10.1. The Morgan fingerprint density at radius 1 is 0.952 bits per heavy atom. The first-order valence-corrected chi connectivity index (χ1v) is 8.64. The number of β-amino-alcohol motifs (C(OH)–C–C–N with tert-alkyl or cyclic N) is 1. The molecule has 1 atom stereocenters. The van der Waals surface area contributed by atoms with Crippen LogP contribution < -0.4 is 0 Å². The molecule has 1 fully saturated rings. The summed E-state index contributed by atoms with van der Waals surface area (Å²) in [6, 6.07) is 8.55. The number of likely N-dealkylation sites (tertiary alicyclic amines) is 1. The first kappa shape index (κ1) is 16.5. The van der Waals surface area contributed by atoms with E-state index in [0.717, 1.165) is 31.6 Å². The molecular weight excluding hydrogens is 258 g/mol. The van der Waals surface area contributed by atoms with Gasteiger partial charge in [-0.25, -0.2) is 0 Å². The van der Waals surface area contributed by atoms with E-state index in [1.165, 1.54) is 37.7 Å². The Hall–Kier alpha value is -0.860. The van der Waals surface area contributed by atoms with Gasteiger partial charge in [0, 0.05) is 6.54 Å². The van der Waals surface area contributed by atoms with Crippen molar-refractivity contribution >= 4 is 0 Å². The van der Waals surface area contributed by atoms with Crippen LogP contribution in [0.3, 0.4) is 0 Å². The summed E-state index contributed by atoms with van der Waals surface area (Å²) in [4.78, 5) is 2.44. The van der Waals surface area contributed by atoms with Gasteiger partial charge in [0.1, 0.15) is 0 Å². The quantitative estimate of drug-likeness (QED) is 0.879. The van der Waals surface area contributed by atoms with Crippen molar-refractivity contribution in [2.45, 2.75) is 58.5 Å². The third kappa shape index (κ3) is 5.80. The van der Waals surface area contributed by atoms with E-state index < -0.39 is 0 Å². The van der Waals surface area contributed by atoms with Gasteiger partial charge in [0.15, 0.2) is 0 Å². The summed E-state index contributed by atoms with van der Waals surface area (Å²) in [5.41, 5.74) is 2.43. The molecule has 0 saturated carbocycles. The number of hydrogen-bond acceptors (Lipinski definition) is 2. The molecular formula is C19H31NO. The van der Waals surface area contributed by atoms with Crippen LogP contribution in [-0.2, 0) is 6.42 Å². The van der Waals surface area contributed by atoms with Crippen LogP contribution in [0.4, 0.5) is 0 Å². The fourth-order valence-electron chi connectivity index (χ4n) is 3.19. The SMILES string of the molecule is CC(C)Cc1ccc(C(O)CN2CCCCCCC2)cc1. The molecule has 2 rings (SSSR count). The lowest BCUT2D eigenvalue weighted by Crippen LogP contribution is -2.31. The van der Waals surface area contributed by atoms with Gasteiger partial charge in [-0.15, -0.1) is 0 Å². The highest BCUT2D eigenvalue weighted by atomic mass is 16.3. The Bertz CT molecular complexity index is 391. The van der Waals surface area contributed by atoms with E-state index in [-0.39, 0.29) is 6.10 Å². The van der Waals surface area contributed by atoms with E-state index in [9.17, 15) is 5.11 Å². The fraction of sp³-hybridized carbons (Fsp3) is 0.684. The van der Waals surface area contributed by atoms with Gasteiger partial charge in [-0.2, -0.15) is 0 Å². The van der Waals surface area contributed by atoms with Crippen LogP contribution in [-0.4, -0.2) is 29.6 Å². The Balaban J connectivity index is 1.87. The van der Waals surface area contributed by atoms with Gasteiger partial charge in [0.05, 0.1) is 6.10 Å². The number of benzene rings is 1. The molecule has 2 heteroatoms. The lowest BCUT2D eigenvalue weighted by molar-refractivity contribution is 0.108. The average Bonchev–Trinajstić information content (AvgIpc) is 2.41. The summed E-state index contributed by atoms with van der Waals surface area (Å²) in [6.07, 6.45) is 7.39. The average molecular weight is 289 g/mol. The van der Waals surface area contributed by atoms with Gasteiger partial charge >= 0.3 is 0 Å². The highest BCUT2D eigenvalue weighted by Crippen LogP contribution is 2.19. The summed E-state index contributed by atoms with van der Waals surface area (Å²) in [6.45, 7) is 7.55. The van der Waals surface area contributed by atoms with Crippen LogP contribution >= 0.6 is 0 Å². The van der Waals surface area contributed by atoms with Crippen molar-refractivity contribution < 1.29 is 5.11 Å². The molecule has 0 spiro atoms. The van der Waals surface area contributed by atoms with Crippen molar-refractivity contribution in [3.8, 4) is 0 Å². The van der Waals surface area contributed by atoms with E-state index in [1.54, 1.807) is 0 Å². The fourth-order valence-corrected chi connectivity index (χ4v) is 3.19. The molecule has 1 aromatic rings. The van der Waals surface area contributed by atoms with Crippen LogP contribution in [0.15, 0.2) is 24.3 Å². The lowest BCUT2D eigenvalue weighted by atomic mass is 10.00. The van der Waals surface area contributed by atoms with Gasteiger partial charge < -0.3 is 10.0 Å². The Labute approximate surface area is 130 Å². The van der Waals surface area contributed by atoms with Gasteiger partial charge in [-0.05, 0) is 49.4 Å². The number of rotatable bonds is 5. The number of aliphatic hydroxyl groups is 1. The molecule has 0 aliphatic carbocycles. The molecule has 0 aromatic heterocycles. The lowest BCUT2D eigenvalue weighted by Gasteiger charge is -2.27. The minimum absolute atomic E-state index is 0.350. The number of aliphatic hydroxyl groups excluding tert-OH is 1. The topological polar surface area (TPSA) is 23.5 Å². The summed E-state index contributed by atoms with van der Waals surface area (Å²) in [7, 11) is 0. The molecule has 1 unspecified atom stereocenters. The number of nitrogens with zero attached hydrogens (tertiary/aromatic N) is 1. The van der Waals surface area contributed by atoms with E-state index >= 15 is 0 Å². The van der Waals surface area contributed by atoms with Crippen molar-refractivity contribution in [1.29, 1.82) is 0 Å². The van der Waals surface area contributed by atoms with Crippen molar-refractivity contribution in [3.05, 3.63) is 35.4 Å². The third-order valence-electron chi connectivity index (χ3n) is 4.39. The predicted molar refractivity (Wildman–Crippen MR) is 89.5 cm³/mol. The normalized spacial score (nSPS) is 19.2. The molecule has 0 bridgehead atoms. The highest BCUT2D eigenvalue weighted by molar-refractivity contribution is 5.24. The predicted octanol–water partition coefficient (Wildman–Crippen LogP) is 4.18. The second-order valence-electron chi connectivity index (χ2n) is 6.92. The van der Waals surface area contributed by atoms with Crippen LogP contribution in [0.1, 0.15) is 63.2 Å². The van der Waals surface area contributed by atoms with Crippen LogP contribution in [0.2, 0.25) is 0 Å². The molecule has 1 aliphatic rings. The standard InChI is InChI=1S/C19H31NO/c1-16(2)14-17-8-10-18(11-9-17)19(21)15-20-12-6-4-3-5-7-13-20/h8-11,16,19,21H,3-7,12-15H2,1-2H3. The minimum Gasteiger partial charge on any atom is -0.387 e. The maximum absolute atomic E-state index is 10.5. The zero-order valence-electron chi connectivity index (χ0n) is 13.7. The van der Waals surface area contributed by atoms with Crippen LogP contribution in [0.5, 0.6) is 0 Å². The summed E-state index contributed by atoms with van der Waals surface area (Å²) in [5, 5.41) is 10.5. The Morgan fingerprint density at radius 3 is 2.10 bits per heavy atom. The smallest absolute Gasteiger partial charge is 0.0916 e. The Morgan fingerprint density at radius 2 is 1.52 bits per heavy atom. The Kier molecular flexibility index (Phi) is 6.72. The van der Waals surface area contributed by atoms with Crippen LogP contribution in [0, 0.1) is 5.92 Å². The van der Waals surface area contributed by atoms with Gasteiger partial charge in [-0.3, -0.25) is 0 Å². The molecule has 1 saturated heterocycles. The molecule has 1 heterocycles. The third-order valence-corrected chi connectivity index (χ3v) is 4.39. The highest BCUT2D eigenvalue weighted by Gasteiger charge is 2.14. The number of hydrogen-bond donors (Lipinski definition) is 1. The van der Waals surface area contributed by atoms with Crippen molar-refractivity contribution in [2.75, 3.05) is 19.6 Å².